The van der Waals surface area contributed by atoms with Gasteiger partial charge in [0.2, 0.25) is 11.2 Å². The van der Waals surface area contributed by atoms with Crippen molar-refractivity contribution in [2.24, 2.45) is 0 Å². The standard InChI is InChI=1S/C23H23NO7/c1-3-7-18(23(27)28)24-20(25)13-29-16-10-11-17-19(12-16)30-14(2)22(21(17)26)31-15-8-5-4-6-9-15/h4-6,8-12,18H,3,7,13H2,1-2H3,(H,24,25)(H,27,28)/t18-/m1/s1. The summed E-state index contributed by atoms with van der Waals surface area (Å²) in [5.41, 5.74) is -0.0361. The third kappa shape index (κ3) is 5.42. The lowest BCUT2D eigenvalue weighted by molar-refractivity contribution is -0.142. The highest BCUT2D eigenvalue weighted by Gasteiger charge is 2.19. The molecule has 8 nitrogen and oxygen atoms in total. The molecule has 3 aromatic rings. The largest absolute Gasteiger partial charge is 0.484 e. The number of fused-ring (bicyclic) bond motifs is 1. The van der Waals surface area contributed by atoms with Crippen molar-refractivity contribution in [1.29, 1.82) is 0 Å². The summed E-state index contributed by atoms with van der Waals surface area (Å²) in [4.78, 5) is 36.0. The predicted molar refractivity (Wildman–Crippen MR) is 114 cm³/mol. The minimum absolute atomic E-state index is 0.0994. The fourth-order valence-electron chi connectivity index (χ4n) is 3.01. The van der Waals surface area contributed by atoms with Gasteiger partial charge in [-0.1, -0.05) is 31.5 Å². The van der Waals surface area contributed by atoms with Gasteiger partial charge in [0.1, 0.15) is 28.9 Å². The highest BCUT2D eigenvalue weighted by Crippen LogP contribution is 2.27. The van der Waals surface area contributed by atoms with Gasteiger partial charge in [0, 0.05) is 6.07 Å². The van der Waals surface area contributed by atoms with Crippen molar-refractivity contribution in [2.45, 2.75) is 32.7 Å². The van der Waals surface area contributed by atoms with Crippen molar-refractivity contribution < 1.29 is 28.6 Å². The second-order valence-electron chi connectivity index (χ2n) is 6.93. The maximum absolute atomic E-state index is 12.8. The van der Waals surface area contributed by atoms with Gasteiger partial charge in [-0.3, -0.25) is 9.59 Å². The van der Waals surface area contributed by atoms with E-state index in [1.807, 2.05) is 13.0 Å². The molecule has 0 bridgehead atoms. The number of carbonyl (C=O) groups excluding carboxylic acids is 1. The zero-order valence-corrected chi connectivity index (χ0v) is 17.2. The van der Waals surface area contributed by atoms with Crippen molar-refractivity contribution in [3.05, 3.63) is 64.5 Å². The molecule has 0 aliphatic carbocycles. The Morgan fingerprint density at radius 1 is 1.13 bits per heavy atom. The summed E-state index contributed by atoms with van der Waals surface area (Å²) in [7, 11) is 0. The van der Waals surface area contributed by atoms with E-state index >= 15 is 0 Å². The van der Waals surface area contributed by atoms with Gasteiger partial charge >= 0.3 is 5.97 Å². The number of aryl methyl sites for hydroxylation is 1. The lowest BCUT2D eigenvalue weighted by Gasteiger charge is -2.14. The summed E-state index contributed by atoms with van der Waals surface area (Å²) in [5.74, 6) is -0.408. The van der Waals surface area contributed by atoms with Crippen molar-refractivity contribution in [3.8, 4) is 17.2 Å². The van der Waals surface area contributed by atoms with E-state index in [1.54, 1.807) is 31.2 Å². The van der Waals surface area contributed by atoms with Crippen molar-refractivity contribution in [3.63, 3.8) is 0 Å². The first kappa shape index (κ1) is 21.9. The van der Waals surface area contributed by atoms with Crippen LogP contribution in [0.25, 0.3) is 11.0 Å². The van der Waals surface area contributed by atoms with Crippen molar-refractivity contribution in [2.75, 3.05) is 6.61 Å². The second-order valence-corrected chi connectivity index (χ2v) is 6.93. The van der Waals surface area contributed by atoms with E-state index in [2.05, 4.69) is 5.32 Å². The van der Waals surface area contributed by atoms with Crippen LogP contribution in [0.1, 0.15) is 25.5 Å². The fourth-order valence-corrected chi connectivity index (χ4v) is 3.01. The molecule has 0 unspecified atom stereocenters. The molecule has 31 heavy (non-hydrogen) atoms. The third-order valence-corrected chi connectivity index (χ3v) is 4.53. The fraction of sp³-hybridized carbons (Fsp3) is 0.261. The van der Waals surface area contributed by atoms with E-state index in [0.717, 1.165) is 0 Å². The number of amides is 1. The zero-order chi connectivity index (χ0) is 22.4. The molecule has 0 spiro atoms. The highest BCUT2D eigenvalue weighted by atomic mass is 16.5. The summed E-state index contributed by atoms with van der Waals surface area (Å²) < 4.78 is 16.9. The number of rotatable bonds is 9. The van der Waals surface area contributed by atoms with Crippen LogP contribution in [0.4, 0.5) is 0 Å². The normalized spacial score (nSPS) is 11.7. The quantitative estimate of drug-likeness (QED) is 0.538. The molecular weight excluding hydrogens is 402 g/mol. The number of carboxylic acid groups (broad SMARTS) is 1. The predicted octanol–water partition coefficient (Wildman–Crippen LogP) is 3.64. The van der Waals surface area contributed by atoms with Crippen LogP contribution in [0.15, 0.2) is 57.7 Å². The summed E-state index contributed by atoms with van der Waals surface area (Å²) in [6.45, 7) is 3.09. The highest BCUT2D eigenvalue weighted by molar-refractivity contribution is 5.84. The van der Waals surface area contributed by atoms with Gasteiger partial charge in [0.25, 0.3) is 5.91 Å². The zero-order valence-electron chi connectivity index (χ0n) is 17.2. The van der Waals surface area contributed by atoms with Crippen LogP contribution in [0.3, 0.4) is 0 Å². The van der Waals surface area contributed by atoms with E-state index in [0.29, 0.717) is 35.5 Å². The molecular formula is C23H23NO7. The Balaban J connectivity index is 1.74. The number of hydrogen-bond acceptors (Lipinski definition) is 6. The molecule has 1 aromatic heterocycles. The lowest BCUT2D eigenvalue weighted by atomic mass is 10.2. The van der Waals surface area contributed by atoms with E-state index in [9.17, 15) is 14.4 Å². The van der Waals surface area contributed by atoms with Crippen molar-refractivity contribution in [1.82, 2.24) is 5.32 Å². The van der Waals surface area contributed by atoms with Gasteiger partial charge < -0.3 is 24.3 Å². The molecule has 162 valence electrons. The van der Waals surface area contributed by atoms with E-state index in [-0.39, 0.29) is 23.4 Å². The summed E-state index contributed by atoms with van der Waals surface area (Å²) in [6, 6.07) is 12.5. The Morgan fingerprint density at radius 3 is 2.55 bits per heavy atom. The Labute approximate surface area is 178 Å². The maximum atomic E-state index is 12.8. The SMILES string of the molecule is CCC[C@@H](NC(=O)COc1ccc2c(=O)c(Oc3ccccc3)c(C)oc2c1)C(=O)O. The molecule has 0 saturated carbocycles. The molecule has 8 heteroatoms. The number of para-hydroxylation sites is 1. The average molecular weight is 425 g/mol. The number of benzene rings is 2. The van der Waals surface area contributed by atoms with Gasteiger partial charge in [-0.15, -0.1) is 0 Å². The van der Waals surface area contributed by atoms with Crippen LogP contribution in [0.2, 0.25) is 0 Å². The van der Waals surface area contributed by atoms with Crippen molar-refractivity contribution >= 4 is 22.8 Å². The molecule has 0 fully saturated rings. The molecule has 0 aliphatic heterocycles. The molecule has 2 N–H and O–H groups in total. The van der Waals surface area contributed by atoms with Gasteiger partial charge in [0.05, 0.1) is 5.39 Å². The molecule has 0 saturated heterocycles. The summed E-state index contributed by atoms with van der Waals surface area (Å²) >= 11 is 0. The van der Waals surface area contributed by atoms with E-state index in [4.69, 9.17) is 19.0 Å². The van der Waals surface area contributed by atoms with Gasteiger partial charge in [-0.2, -0.15) is 0 Å². The third-order valence-electron chi connectivity index (χ3n) is 4.53. The van der Waals surface area contributed by atoms with Crippen LogP contribution in [0, 0.1) is 6.92 Å². The molecule has 0 aliphatic rings. The second kappa shape index (κ2) is 9.80. The number of carbonyl (C=O) groups is 2. The first-order valence-corrected chi connectivity index (χ1v) is 9.84. The number of nitrogens with one attached hydrogen (secondary N) is 1. The monoisotopic (exact) mass is 425 g/mol. The van der Waals surface area contributed by atoms with E-state index < -0.39 is 17.9 Å². The lowest BCUT2D eigenvalue weighted by Crippen LogP contribution is -2.42. The van der Waals surface area contributed by atoms with Crippen LogP contribution in [0.5, 0.6) is 17.2 Å². The Bertz CT molecular complexity index is 1140. The minimum atomic E-state index is -1.09. The van der Waals surface area contributed by atoms with Gasteiger partial charge in [-0.25, -0.2) is 4.79 Å². The summed E-state index contributed by atoms with van der Waals surface area (Å²) in [6.07, 6.45) is 0.950. The number of carboxylic acids is 1. The number of hydrogen-bond donors (Lipinski definition) is 2. The molecule has 1 heterocycles. The Morgan fingerprint density at radius 2 is 1.87 bits per heavy atom. The maximum Gasteiger partial charge on any atom is 0.326 e. The first-order chi connectivity index (χ1) is 14.9. The molecule has 3 rings (SSSR count). The Hall–Kier alpha value is -3.81. The first-order valence-electron chi connectivity index (χ1n) is 9.84. The smallest absolute Gasteiger partial charge is 0.326 e. The average Bonchev–Trinajstić information content (AvgIpc) is 2.75. The topological polar surface area (TPSA) is 115 Å². The minimum Gasteiger partial charge on any atom is -0.484 e. The van der Waals surface area contributed by atoms with Gasteiger partial charge in [-0.05, 0) is 37.6 Å². The van der Waals surface area contributed by atoms with Crippen LogP contribution < -0.4 is 20.2 Å². The number of ether oxygens (including phenoxy) is 2. The van der Waals surface area contributed by atoms with Crippen LogP contribution >= 0.6 is 0 Å². The number of aliphatic carboxylic acids is 1. The molecule has 1 atom stereocenters. The molecule has 2 aromatic carbocycles. The molecule has 1 amide bonds. The molecule has 0 radical (unpaired) electrons. The van der Waals surface area contributed by atoms with E-state index in [1.165, 1.54) is 18.2 Å². The van der Waals surface area contributed by atoms with Crippen LogP contribution in [-0.4, -0.2) is 29.6 Å². The van der Waals surface area contributed by atoms with Gasteiger partial charge in [0.15, 0.2) is 6.61 Å². The Kier molecular flexibility index (Phi) is 6.92. The summed E-state index contributed by atoms with van der Waals surface area (Å²) in [5, 5.41) is 11.8. The van der Waals surface area contributed by atoms with Crippen LogP contribution in [-0.2, 0) is 9.59 Å².